The van der Waals surface area contributed by atoms with E-state index in [1.165, 1.54) is 0 Å². The van der Waals surface area contributed by atoms with Gasteiger partial charge in [0.25, 0.3) is 0 Å². The lowest BCUT2D eigenvalue weighted by atomic mass is 9.98. The molecule has 1 aromatic heterocycles. The Hall–Kier alpha value is -2.31. The van der Waals surface area contributed by atoms with Gasteiger partial charge >= 0.3 is 0 Å². The van der Waals surface area contributed by atoms with Gasteiger partial charge in [-0.3, -0.25) is 9.69 Å². The number of furan rings is 1. The van der Waals surface area contributed by atoms with Crippen molar-refractivity contribution in [1.29, 1.82) is 10.5 Å². The zero-order chi connectivity index (χ0) is 16.0. The number of hydrogen-bond donors (Lipinski definition) is 1. The van der Waals surface area contributed by atoms with Gasteiger partial charge in [0.1, 0.15) is 11.3 Å². The van der Waals surface area contributed by atoms with E-state index in [9.17, 15) is 10.1 Å². The maximum Gasteiger partial charge on any atom is 0.235 e. The first-order valence-electron chi connectivity index (χ1n) is 7.41. The van der Waals surface area contributed by atoms with Crippen molar-refractivity contribution in [1.82, 2.24) is 10.2 Å². The van der Waals surface area contributed by atoms with Crippen LogP contribution in [0.1, 0.15) is 31.9 Å². The van der Waals surface area contributed by atoms with Crippen LogP contribution in [-0.4, -0.2) is 29.4 Å². The largest absolute Gasteiger partial charge is 0.468 e. The van der Waals surface area contributed by atoms with E-state index in [1.54, 1.807) is 19.3 Å². The molecule has 1 aliphatic rings. The van der Waals surface area contributed by atoms with Gasteiger partial charge in [-0.05, 0) is 37.8 Å². The van der Waals surface area contributed by atoms with Crippen LogP contribution >= 0.6 is 0 Å². The van der Waals surface area contributed by atoms with E-state index < -0.39 is 5.54 Å². The molecular weight excluding hydrogens is 280 g/mol. The number of carbonyl (C=O) groups is 1. The molecule has 2 rings (SSSR count). The molecule has 6 nitrogen and oxygen atoms in total. The lowest BCUT2D eigenvalue weighted by molar-refractivity contribution is -0.123. The maximum atomic E-state index is 12.2. The number of amides is 1. The monoisotopic (exact) mass is 300 g/mol. The Morgan fingerprint density at radius 3 is 2.86 bits per heavy atom. The quantitative estimate of drug-likeness (QED) is 0.790. The average molecular weight is 300 g/mol. The molecule has 0 radical (unpaired) electrons. The third-order valence-electron chi connectivity index (χ3n) is 3.89. The number of nitrogens with one attached hydrogen (secondary N) is 1. The molecule has 1 aromatic rings. The van der Waals surface area contributed by atoms with Crippen LogP contribution in [0.25, 0.3) is 0 Å². The van der Waals surface area contributed by atoms with Gasteiger partial charge in [0.15, 0.2) is 0 Å². The Balaban J connectivity index is 1.92. The summed E-state index contributed by atoms with van der Waals surface area (Å²) in [5, 5.41) is 20.9. The number of rotatable bonds is 8. The molecule has 0 bridgehead atoms. The van der Waals surface area contributed by atoms with Crippen molar-refractivity contribution in [2.75, 3.05) is 13.1 Å². The van der Waals surface area contributed by atoms with Crippen LogP contribution in [0.4, 0.5) is 0 Å². The Labute approximate surface area is 130 Å². The van der Waals surface area contributed by atoms with Crippen LogP contribution in [0.3, 0.4) is 0 Å². The van der Waals surface area contributed by atoms with Crippen LogP contribution in [0.15, 0.2) is 22.8 Å². The molecule has 0 aliphatic heterocycles. The number of hydrogen-bond acceptors (Lipinski definition) is 5. The molecule has 6 heteroatoms. The molecular formula is C16H20N4O2. The predicted molar refractivity (Wildman–Crippen MR) is 79.1 cm³/mol. The van der Waals surface area contributed by atoms with E-state index in [4.69, 9.17) is 9.68 Å². The summed E-state index contributed by atoms with van der Waals surface area (Å²) in [7, 11) is 0. The first-order chi connectivity index (χ1) is 10.6. The van der Waals surface area contributed by atoms with Gasteiger partial charge < -0.3 is 9.73 Å². The van der Waals surface area contributed by atoms with E-state index in [2.05, 4.69) is 17.5 Å². The lowest BCUT2D eigenvalue weighted by Crippen LogP contribution is -2.50. The minimum Gasteiger partial charge on any atom is -0.468 e. The van der Waals surface area contributed by atoms with E-state index >= 15 is 0 Å². The van der Waals surface area contributed by atoms with E-state index in [1.807, 2.05) is 11.0 Å². The van der Waals surface area contributed by atoms with Crippen molar-refractivity contribution >= 4 is 5.91 Å². The Morgan fingerprint density at radius 1 is 1.55 bits per heavy atom. The molecule has 1 amide bonds. The zero-order valence-corrected chi connectivity index (χ0v) is 12.7. The van der Waals surface area contributed by atoms with Crippen LogP contribution in [-0.2, 0) is 11.3 Å². The normalized spacial score (nSPS) is 16.5. The summed E-state index contributed by atoms with van der Waals surface area (Å²) in [6.07, 6.45) is 3.88. The van der Waals surface area contributed by atoms with Crippen molar-refractivity contribution in [3.8, 4) is 12.1 Å². The molecule has 0 saturated heterocycles. The third kappa shape index (κ3) is 4.34. The minimum absolute atomic E-state index is 0.145. The Bertz CT molecular complexity index is 580. The zero-order valence-electron chi connectivity index (χ0n) is 12.7. The first kappa shape index (κ1) is 16.1. The fourth-order valence-corrected chi connectivity index (χ4v) is 2.46. The van der Waals surface area contributed by atoms with Crippen molar-refractivity contribution < 1.29 is 9.21 Å². The summed E-state index contributed by atoms with van der Waals surface area (Å²) in [6, 6.07) is 7.92. The van der Waals surface area contributed by atoms with Crippen LogP contribution in [0, 0.1) is 28.6 Å². The maximum absolute atomic E-state index is 12.2. The molecule has 1 aliphatic carbocycles. The molecule has 22 heavy (non-hydrogen) atoms. The SMILES string of the molecule is CC(C#N)(NC(=O)CN(CCC#N)Cc1ccco1)C1CC1. The van der Waals surface area contributed by atoms with Crippen LogP contribution < -0.4 is 5.32 Å². The van der Waals surface area contributed by atoms with Gasteiger partial charge in [-0.2, -0.15) is 10.5 Å². The molecule has 0 spiro atoms. The number of nitrogens with zero attached hydrogens (tertiary/aromatic N) is 3. The van der Waals surface area contributed by atoms with Gasteiger partial charge in [-0.15, -0.1) is 0 Å². The van der Waals surface area contributed by atoms with Crippen molar-refractivity contribution in [3.63, 3.8) is 0 Å². The van der Waals surface area contributed by atoms with E-state index in [0.717, 1.165) is 18.6 Å². The molecule has 0 aromatic carbocycles. The average Bonchev–Trinajstić information content (AvgIpc) is 3.24. The summed E-state index contributed by atoms with van der Waals surface area (Å²) < 4.78 is 5.29. The van der Waals surface area contributed by atoms with Crippen molar-refractivity contribution in [2.45, 2.75) is 38.3 Å². The van der Waals surface area contributed by atoms with E-state index in [0.29, 0.717) is 19.5 Å². The third-order valence-corrected chi connectivity index (χ3v) is 3.89. The Morgan fingerprint density at radius 2 is 2.32 bits per heavy atom. The molecule has 1 heterocycles. The fourth-order valence-electron chi connectivity index (χ4n) is 2.46. The second kappa shape index (κ2) is 7.11. The summed E-state index contributed by atoms with van der Waals surface area (Å²) in [5.74, 6) is 0.801. The fraction of sp³-hybridized carbons (Fsp3) is 0.562. The molecule has 1 N–H and O–H groups in total. The topological polar surface area (TPSA) is 93.1 Å². The van der Waals surface area contributed by atoms with Gasteiger partial charge in [0.2, 0.25) is 5.91 Å². The number of nitriles is 2. The van der Waals surface area contributed by atoms with Gasteiger partial charge in [0.05, 0.1) is 31.5 Å². The summed E-state index contributed by atoms with van der Waals surface area (Å²) in [4.78, 5) is 14.1. The highest BCUT2D eigenvalue weighted by Gasteiger charge is 2.43. The molecule has 1 saturated carbocycles. The van der Waals surface area contributed by atoms with E-state index in [-0.39, 0.29) is 18.4 Å². The highest BCUT2D eigenvalue weighted by Crippen LogP contribution is 2.39. The van der Waals surface area contributed by atoms with Gasteiger partial charge in [0, 0.05) is 13.0 Å². The number of carbonyl (C=O) groups excluding carboxylic acids is 1. The van der Waals surface area contributed by atoms with Gasteiger partial charge in [-0.1, -0.05) is 0 Å². The van der Waals surface area contributed by atoms with Crippen molar-refractivity contribution in [2.24, 2.45) is 5.92 Å². The standard InChI is InChI=1S/C16H20N4O2/c1-16(12-18,13-5-6-13)19-15(21)11-20(8-3-7-17)10-14-4-2-9-22-14/h2,4,9,13H,3,5-6,8,10-11H2,1H3,(H,19,21). The first-order valence-corrected chi connectivity index (χ1v) is 7.41. The summed E-state index contributed by atoms with van der Waals surface area (Å²) in [5.41, 5.74) is -0.789. The second-order valence-electron chi connectivity index (χ2n) is 5.83. The molecule has 116 valence electrons. The van der Waals surface area contributed by atoms with Gasteiger partial charge in [-0.25, -0.2) is 0 Å². The molecule has 1 atom stereocenters. The van der Waals surface area contributed by atoms with Crippen LogP contribution in [0.5, 0.6) is 0 Å². The highest BCUT2D eigenvalue weighted by molar-refractivity contribution is 5.79. The highest BCUT2D eigenvalue weighted by atomic mass is 16.3. The predicted octanol–water partition coefficient (Wildman–Crippen LogP) is 1.80. The summed E-state index contributed by atoms with van der Waals surface area (Å²) in [6.45, 7) is 2.87. The summed E-state index contributed by atoms with van der Waals surface area (Å²) >= 11 is 0. The molecule has 1 unspecified atom stereocenters. The lowest BCUT2D eigenvalue weighted by Gasteiger charge is -2.25. The second-order valence-corrected chi connectivity index (χ2v) is 5.83. The molecule has 1 fully saturated rings. The Kier molecular flexibility index (Phi) is 5.19. The van der Waals surface area contributed by atoms with Crippen molar-refractivity contribution in [3.05, 3.63) is 24.2 Å². The minimum atomic E-state index is -0.789. The van der Waals surface area contributed by atoms with Crippen LogP contribution in [0.2, 0.25) is 0 Å². The smallest absolute Gasteiger partial charge is 0.235 e.